The van der Waals surface area contributed by atoms with Crippen molar-refractivity contribution in [3.63, 3.8) is 0 Å². The number of hydrogen-bond acceptors (Lipinski definition) is 5. The standard InChI is InChI=1S/C13H14O5/c1-7-5-10(13(16)17-4)6-11(18-9(3)15)12(7)8(2)14/h5-6H,1-4H3. The van der Waals surface area contributed by atoms with Crippen molar-refractivity contribution in [3.05, 3.63) is 28.8 Å². The molecular formula is C13H14O5. The SMILES string of the molecule is COC(=O)c1cc(C)c(C(C)=O)c(OC(C)=O)c1. The normalized spacial score (nSPS) is 9.78. The van der Waals surface area contributed by atoms with Crippen LogP contribution in [0.5, 0.6) is 5.75 Å². The van der Waals surface area contributed by atoms with E-state index >= 15 is 0 Å². The minimum absolute atomic E-state index is 0.0791. The third-order valence-electron chi connectivity index (χ3n) is 2.33. The van der Waals surface area contributed by atoms with Gasteiger partial charge in [-0.1, -0.05) is 0 Å². The maximum Gasteiger partial charge on any atom is 0.337 e. The number of rotatable bonds is 3. The highest BCUT2D eigenvalue weighted by Crippen LogP contribution is 2.25. The van der Waals surface area contributed by atoms with Gasteiger partial charge in [0.15, 0.2) is 5.78 Å². The number of esters is 2. The second-order valence-electron chi connectivity index (χ2n) is 3.81. The summed E-state index contributed by atoms with van der Waals surface area (Å²) in [5, 5.41) is 0. The van der Waals surface area contributed by atoms with Crippen LogP contribution in [0.25, 0.3) is 0 Å². The first kappa shape index (κ1) is 13.9. The minimum Gasteiger partial charge on any atom is -0.465 e. The number of ketones is 1. The Kier molecular flexibility index (Phi) is 4.20. The average Bonchev–Trinajstić information content (AvgIpc) is 2.25. The van der Waals surface area contributed by atoms with Crippen molar-refractivity contribution in [2.75, 3.05) is 7.11 Å². The number of benzene rings is 1. The molecule has 0 radical (unpaired) electrons. The number of hydrogen-bond donors (Lipinski definition) is 0. The Balaban J connectivity index is 3.41. The highest BCUT2D eigenvalue weighted by molar-refractivity contribution is 6.01. The van der Waals surface area contributed by atoms with Crippen molar-refractivity contribution < 1.29 is 23.9 Å². The number of Topliss-reactive ketones (excluding diaryl/α,β-unsaturated/α-hetero) is 1. The molecule has 0 aliphatic carbocycles. The van der Waals surface area contributed by atoms with Gasteiger partial charge in [0, 0.05) is 6.92 Å². The number of carbonyl (C=O) groups excluding carboxylic acids is 3. The lowest BCUT2D eigenvalue weighted by atomic mass is 10.0. The summed E-state index contributed by atoms with van der Waals surface area (Å²) in [6, 6.07) is 2.85. The molecule has 0 saturated heterocycles. The maximum atomic E-state index is 11.5. The Hall–Kier alpha value is -2.17. The van der Waals surface area contributed by atoms with Crippen molar-refractivity contribution in [3.8, 4) is 5.75 Å². The van der Waals surface area contributed by atoms with Gasteiger partial charge >= 0.3 is 11.9 Å². The molecule has 0 atom stereocenters. The summed E-state index contributed by atoms with van der Waals surface area (Å²) in [4.78, 5) is 33.9. The van der Waals surface area contributed by atoms with Gasteiger partial charge in [-0.05, 0) is 31.5 Å². The van der Waals surface area contributed by atoms with E-state index in [1.54, 1.807) is 6.92 Å². The van der Waals surface area contributed by atoms with Crippen molar-refractivity contribution in [2.45, 2.75) is 20.8 Å². The molecule has 0 aromatic heterocycles. The minimum atomic E-state index is -0.557. The van der Waals surface area contributed by atoms with Gasteiger partial charge in [0.1, 0.15) is 5.75 Å². The van der Waals surface area contributed by atoms with Gasteiger partial charge in [0.05, 0.1) is 18.2 Å². The summed E-state index contributed by atoms with van der Waals surface area (Å²) in [5.74, 6) is -1.27. The Bertz CT molecular complexity index is 516. The molecule has 0 saturated carbocycles. The van der Waals surface area contributed by atoms with Crippen molar-refractivity contribution in [1.82, 2.24) is 0 Å². The van der Waals surface area contributed by atoms with E-state index in [2.05, 4.69) is 4.74 Å². The fourth-order valence-corrected chi connectivity index (χ4v) is 1.68. The zero-order valence-electron chi connectivity index (χ0n) is 10.7. The molecule has 5 nitrogen and oxygen atoms in total. The molecule has 0 amide bonds. The number of ether oxygens (including phenoxy) is 2. The molecule has 0 heterocycles. The molecule has 1 aromatic rings. The summed E-state index contributed by atoms with van der Waals surface area (Å²) < 4.78 is 9.54. The average molecular weight is 250 g/mol. The van der Waals surface area contributed by atoms with E-state index in [0.717, 1.165) is 0 Å². The second kappa shape index (κ2) is 5.44. The first-order chi connectivity index (χ1) is 8.36. The summed E-state index contributed by atoms with van der Waals surface area (Å²) in [5.41, 5.74) is 1.08. The van der Waals surface area contributed by atoms with Crippen LogP contribution in [0, 0.1) is 6.92 Å². The van der Waals surface area contributed by atoms with E-state index in [1.807, 2.05) is 0 Å². The van der Waals surface area contributed by atoms with E-state index in [0.29, 0.717) is 5.56 Å². The van der Waals surface area contributed by atoms with Crippen molar-refractivity contribution in [1.29, 1.82) is 0 Å². The molecule has 96 valence electrons. The number of methoxy groups -OCH3 is 1. The van der Waals surface area contributed by atoms with E-state index in [1.165, 1.54) is 33.1 Å². The third kappa shape index (κ3) is 2.94. The van der Waals surface area contributed by atoms with Gasteiger partial charge < -0.3 is 9.47 Å². The lowest BCUT2D eigenvalue weighted by Gasteiger charge is -2.11. The van der Waals surface area contributed by atoms with Crippen LogP contribution in [0.3, 0.4) is 0 Å². The Morgan fingerprint density at radius 1 is 1.11 bits per heavy atom. The van der Waals surface area contributed by atoms with E-state index in [4.69, 9.17) is 4.74 Å². The monoisotopic (exact) mass is 250 g/mol. The molecule has 0 bridgehead atoms. The maximum absolute atomic E-state index is 11.5. The largest absolute Gasteiger partial charge is 0.465 e. The van der Waals surface area contributed by atoms with Crippen LogP contribution >= 0.6 is 0 Å². The molecule has 0 aliphatic heterocycles. The molecule has 0 aliphatic rings. The molecule has 0 N–H and O–H groups in total. The van der Waals surface area contributed by atoms with Gasteiger partial charge in [0.2, 0.25) is 0 Å². The van der Waals surface area contributed by atoms with Crippen LogP contribution in [0.1, 0.15) is 40.1 Å². The van der Waals surface area contributed by atoms with Gasteiger partial charge in [-0.25, -0.2) is 4.79 Å². The fraction of sp³-hybridized carbons (Fsp3) is 0.308. The lowest BCUT2D eigenvalue weighted by Crippen LogP contribution is -2.10. The smallest absolute Gasteiger partial charge is 0.337 e. The molecule has 1 aromatic carbocycles. The van der Waals surface area contributed by atoms with Crippen LogP contribution < -0.4 is 4.74 Å². The summed E-state index contributed by atoms with van der Waals surface area (Å²) in [6.07, 6.45) is 0. The van der Waals surface area contributed by atoms with E-state index in [-0.39, 0.29) is 22.7 Å². The fourth-order valence-electron chi connectivity index (χ4n) is 1.68. The van der Waals surface area contributed by atoms with Crippen molar-refractivity contribution in [2.24, 2.45) is 0 Å². The van der Waals surface area contributed by atoms with Gasteiger partial charge in [-0.3, -0.25) is 9.59 Å². The van der Waals surface area contributed by atoms with E-state index < -0.39 is 11.9 Å². The predicted molar refractivity (Wildman–Crippen MR) is 63.8 cm³/mol. The molecule has 0 spiro atoms. The highest BCUT2D eigenvalue weighted by Gasteiger charge is 2.18. The highest BCUT2D eigenvalue weighted by atomic mass is 16.5. The first-order valence-electron chi connectivity index (χ1n) is 5.29. The number of carbonyl (C=O) groups is 3. The zero-order chi connectivity index (χ0) is 13.9. The Morgan fingerprint density at radius 2 is 1.72 bits per heavy atom. The van der Waals surface area contributed by atoms with Crippen LogP contribution in [0.4, 0.5) is 0 Å². The van der Waals surface area contributed by atoms with Crippen LogP contribution in [0.15, 0.2) is 12.1 Å². The molecule has 0 unspecified atom stereocenters. The van der Waals surface area contributed by atoms with Crippen LogP contribution in [0.2, 0.25) is 0 Å². The quantitative estimate of drug-likeness (QED) is 0.465. The van der Waals surface area contributed by atoms with Gasteiger partial charge in [0.25, 0.3) is 0 Å². The molecule has 5 heteroatoms. The van der Waals surface area contributed by atoms with Crippen LogP contribution in [-0.4, -0.2) is 24.8 Å². The van der Waals surface area contributed by atoms with Crippen molar-refractivity contribution >= 4 is 17.7 Å². The Labute approximate surface area is 105 Å². The summed E-state index contributed by atoms with van der Waals surface area (Å²) in [6.45, 7) is 4.26. The molecule has 0 fully saturated rings. The topological polar surface area (TPSA) is 69.7 Å². The van der Waals surface area contributed by atoms with E-state index in [9.17, 15) is 14.4 Å². The van der Waals surface area contributed by atoms with Gasteiger partial charge in [-0.2, -0.15) is 0 Å². The summed E-state index contributed by atoms with van der Waals surface area (Å²) in [7, 11) is 1.25. The molecule has 1 rings (SSSR count). The number of aryl methyl sites for hydroxylation is 1. The van der Waals surface area contributed by atoms with Crippen LogP contribution in [-0.2, 0) is 9.53 Å². The lowest BCUT2D eigenvalue weighted by molar-refractivity contribution is -0.131. The molecular weight excluding hydrogens is 236 g/mol. The Morgan fingerprint density at radius 3 is 2.17 bits per heavy atom. The second-order valence-corrected chi connectivity index (χ2v) is 3.81. The predicted octanol–water partition coefficient (Wildman–Crippen LogP) is 1.91. The zero-order valence-corrected chi connectivity index (χ0v) is 10.7. The molecule has 18 heavy (non-hydrogen) atoms. The van der Waals surface area contributed by atoms with Gasteiger partial charge in [-0.15, -0.1) is 0 Å². The first-order valence-corrected chi connectivity index (χ1v) is 5.29. The summed E-state index contributed by atoms with van der Waals surface area (Å²) >= 11 is 0. The third-order valence-corrected chi connectivity index (χ3v) is 2.33.